The van der Waals surface area contributed by atoms with Gasteiger partial charge in [-0.2, -0.15) is 0 Å². The van der Waals surface area contributed by atoms with Crippen LogP contribution in [-0.2, 0) is 32.1 Å². The fourth-order valence-electron chi connectivity index (χ4n) is 1.73. The molecule has 0 saturated heterocycles. The number of aromatic nitrogens is 6. The van der Waals surface area contributed by atoms with Gasteiger partial charge in [0, 0.05) is 49.1 Å². The molecule has 0 aliphatic rings. The Balaban J connectivity index is 0. The van der Waals surface area contributed by atoms with E-state index in [0.29, 0.717) is 23.3 Å². The number of hydrogen-bond donors (Lipinski definition) is 0. The number of nitrogens with zero attached hydrogens (tertiary/aromatic N) is 6. The largest absolute Gasteiger partial charge is 2.00 e. The Kier molecular flexibility index (Phi) is 19.7. The monoisotopic (exact) mass is 546 g/mol. The van der Waals surface area contributed by atoms with Crippen LogP contribution >= 0.6 is 0 Å². The summed E-state index contributed by atoms with van der Waals surface area (Å²) in [6.07, 6.45) is 16.0. The molecule has 36 heavy (non-hydrogen) atoms. The molecule has 193 valence electrons. The van der Waals surface area contributed by atoms with E-state index >= 15 is 0 Å². The molecule has 1 radical (unpaired) electrons. The van der Waals surface area contributed by atoms with Crippen molar-refractivity contribution in [1.82, 2.24) is 29.9 Å². The van der Waals surface area contributed by atoms with Crippen LogP contribution in [0.1, 0.15) is 13.8 Å². The summed E-state index contributed by atoms with van der Waals surface area (Å²) in [6, 6.07) is 7.21. The van der Waals surface area contributed by atoms with Gasteiger partial charge in [-0.25, -0.2) is 9.97 Å². The number of aliphatic carboxylic acids is 2. The second-order valence-electron chi connectivity index (χ2n) is 5.65. The number of rotatable bonds is 4. The van der Waals surface area contributed by atoms with Gasteiger partial charge < -0.3 is 34.8 Å². The zero-order valence-electron chi connectivity index (χ0n) is 19.1. The first-order valence-corrected chi connectivity index (χ1v) is 9.39. The van der Waals surface area contributed by atoms with E-state index in [1.165, 1.54) is 0 Å². The molecular weight excluding hydrogens is 524 g/mol. The van der Waals surface area contributed by atoms with Crippen LogP contribution in [-0.4, -0.2) is 41.8 Å². The number of ether oxygens (including phenoxy) is 2. The zero-order chi connectivity index (χ0) is 25.0. The summed E-state index contributed by atoms with van der Waals surface area (Å²) in [7, 11) is 0. The molecule has 13 nitrogen and oxygen atoms in total. The second-order valence-corrected chi connectivity index (χ2v) is 5.65. The standard InChI is InChI=1S/2C9H7N3O.2C2H4O2.Cu.H2O/c2*1-2-8(6-10-3-1)13-9-7-11-4-5-12-9;2*1-2(3)4;;/h2*1-7H;2*1H3,(H,3,4);;1H2/q;;;;+2;/p-1. The fourth-order valence-corrected chi connectivity index (χ4v) is 1.73. The molecule has 0 fully saturated rings. The Hall–Kier alpha value is -4.52. The SMILES string of the molecule is CC(=O)[O-].CC(=O)[O-].[Cu+2].[OH3+].c1cncc(Oc2cnccn2)c1.c1cncc(Oc2cnccn2)c1. The third-order valence-corrected chi connectivity index (χ3v) is 2.79. The van der Waals surface area contributed by atoms with E-state index in [9.17, 15) is 0 Å². The van der Waals surface area contributed by atoms with Gasteiger partial charge in [0.2, 0.25) is 11.8 Å². The van der Waals surface area contributed by atoms with E-state index in [-0.39, 0.29) is 22.5 Å². The van der Waals surface area contributed by atoms with Gasteiger partial charge in [-0.05, 0) is 38.1 Å². The smallest absolute Gasteiger partial charge is 0.550 e. The van der Waals surface area contributed by atoms with E-state index < -0.39 is 11.9 Å². The van der Waals surface area contributed by atoms with Gasteiger partial charge in [0.25, 0.3) is 0 Å². The van der Waals surface area contributed by atoms with E-state index in [1.807, 2.05) is 12.1 Å². The Bertz CT molecular complexity index is 911. The average molecular weight is 547 g/mol. The van der Waals surface area contributed by atoms with Crippen LogP contribution in [0.3, 0.4) is 0 Å². The minimum Gasteiger partial charge on any atom is -0.550 e. The van der Waals surface area contributed by atoms with Crippen LogP contribution < -0.4 is 19.7 Å². The average Bonchev–Trinajstić information content (AvgIpc) is 2.82. The molecule has 0 unspecified atom stereocenters. The van der Waals surface area contributed by atoms with Gasteiger partial charge in [0.1, 0.15) is 11.5 Å². The number of carbonyl (C=O) groups excluding carboxylic acids is 2. The molecule has 0 bridgehead atoms. The summed E-state index contributed by atoms with van der Waals surface area (Å²) in [5.74, 6) is 0.0806. The van der Waals surface area contributed by atoms with Gasteiger partial charge in [-0.1, -0.05) is 0 Å². The molecule has 14 heteroatoms. The molecule has 0 aromatic carbocycles. The minimum absolute atomic E-state index is 0. The third-order valence-electron chi connectivity index (χ3n) is 2.79. The van der Waals surface area contributed by atoms with Crippen molar-refractivity contribution in [2.24, 2.45) is 0 Å². The number of carboxylic acid groups (broad SMARTS) is 2. The van der Waals surface area contributed by atoms with E-state index in [2.05, 4.69) is 29.9 Å². The molecule has 0 saturated carbocycles. The maximum Gasteiger partial charge on any atom is 2.00 e. The molecule has 4 aromatic rings. The molecule has 4 heterocycles. The van der Waals surface area contributed by atoms with Crippen molar-refractivity contribution < 1.29 is 51.8 Å². The van der Waals surface area contributed by atoms with Crippen LogP contribution in [0.4, 0.5) is 0 Å². The molecule has 3 N–H and O–H groups in total. The Morgan fingerprint density at radius 2 is 0.972 bits per heavy atom. The molecule has 0 amide bonds. The summed E-state index contributed by atoms with van der Waals surface area (Å²) in [5.41, 5.74) is 0. The molecule has 0 aliphatic carbocycles. The predicted octanol–water partition coefficient (Wildman–Crippen LogP) is -0.0842. The van der Waals surface area contributed by atoms with Crippen molar-refractivity contribution in [2.75, 3.05) is 0 Å². The van der Waals surface area contributed by atoms with Crippen LogP contribution in [0.25, 0.3) is 0 Å². The van der Waals surface area contributed by atoms with Gasteiger partial charge in [0.05, 0.1) is 24.8 Å². The predicted molar refractivity (Wildman–Crippen MR) is 119 cm³/mol. The van der Waals surface area contributed by atoms with Crippen LogP contribution in [0.5, 0.6) is 23.3 Å². The number of hydrogen-bond acceptors (Lipinski definition) is 12. The quantitative estimate of drug-likeness (QED) is 0.243. The van der Waals surface area contributed by atoms with Crippen LogP contribution in [0, 0.1) is 0 Å². The maximum absolute atomic E-state index is 8.89. The zero-order valence-corrected chi connectivity index (χ0v) is 20.0. The van der Waals surface area contributed by atoms with E-state index in [4.69, 9.17) is 29.3 Å². The molecular formula is C22H23CuN6O7+. The molecule has 4 rings (SSSR count). The topological polar surface area (TPSA) is 209 Å². The first-order valence-electron chi connectivity index (χ1n) is 9.39. The molecule has 0 atom stereocenters. The normalized spacial score (nSPS) is 8.28. The number of carboxylic acids is 2. The maximum atomic E-state index is 8.89. The second kappa shape index (κ2) is 21.0. The van der Waals surface area contributed by atoms with Gasteiger partial charge in [-0.3, -0.25) is 19.9 Å². The first kappa shape index (κ1) is 33.7. The van der Waals surface area contributed by atoms with E-state index in [1.54, 1.807) is 74.1 Å². The van der Waals surface area contributed by atoms with Gasteiger partial charge in [-0.15, -0.1) is 0 Å². The van der Waals surface area contributed by atoms with Crippen molar-refractivity contribution >= 4 is 11.9 Å². The molecule has 0 aliphatic heterocycles. The first-order chi connectivity index (χ1) is 16.4. The Morgan fingerprint density at radius 1 is 0.639 bits per heavy atom. The van der Waals surface area contributed by atoms with Crippen LogP contribution in [0.15, 0.2) is 86.2 Å². The van der Waals surface area contributed by atoms with Crippen molar-refractivity contribution in [2.45, 2.75) is 13.8 Å². The van der Waals surface area contributed by atoms with Crippen LogP contribution in [0.2, 0.25) is 0 Å². The third kappa shape index (κ3) is 19.0. The minimum atomic E-state index is -1.08. The summed E-state index contributed by atoms with van der Waals surface area (Å²) in [6.45, 7) is 1.94. The van der Waals surface area contributed by atoms with Gasteiger partial charge in [0.15, 0.2) is 0 Å². The summed E-state index contributed by atoms with van der Waals surface area (Å²) >= 11 is 0. The summed E-state index contributed by atoms with van der Waals surface area (Å²) < 4.78 is 10.7. The van der Waals surface area contributed by atoms with Gasteiger partial charge >= 0.3 is 17.1 Å². The van der Waals surface area contributed by atoms with Crippen molar-refractivity contribution in [3.05, 3.63) is 86.2 Å². The number of pyridine rings is 2. The van der Waals surface area contributed by atoms with Crippen molar-refractivity contribution in [1.29, 1.82) is 0 Å². The fraction of sp³-hybridized carbons (Fsp3) is 0.0909. The molecule has 0 spiro atoms. The van der Waals surface area contributed by atoms with Crippen molar-refractivity contribution in [3.8, 4) is 23.3 Å². The van der Waals surface area contributed by atoms with E-state index in [0.717, 1.165) is 13.8 Å². The van der Waals surface area contributed by atoms with Crippen molar-refractivity contribution in [3.63, 3.8) is 0 Å². The summed E-state index contributed by atoms with van der Waals surface area (Å²) in [5, 5.41) is 17.8. The number of carbonyl (C=O) groups is 2. The Labute approximate surface area is 217 Å². The molecule has 4 aromatic heterocycles. The Morgan fingerprint density at radius 3 is 1.22 bits per heavy atom. The summed E-state index contributed by atoms with van der Waals surface area (Å²) in [4.78, 5) is 41.3.